The quantitative estimate of drug-likeness (QED) is 0.135. The highest BCUT2D eigenvalue weighted by Crippen LogP contribution is 2.46. The summed E-state index contributed by atoms with van der Waals surface area (Å²) in [4.78, 5) is 47.6. The first-order chi connectivity index (χ1) is 33.4. The Hall–Kier alpha value is -7.52. The molecule has 4 aliphatic heterocycles. The summed E-state index contributed by atoms with van der Waals surface area (Å²) in [6.45, 7) is 4.57. The first-order valence-corrected chi connectivity index (χ1v) is 23.1. The van der Waals surface area contributed by atoms with Gasteiger partial charge < -0.3 is 33.5 Å². The second-order valence-corrected chi connectivity index (χ2v) is 17.8. The van der Waals surface area contributed by atoms with Gasteiger partial charge in [0.05, 0.1) is 74.2 Å². The molecule has 10 rings (SSSR count). The Morgan fingerprint density at radius 2 is 1.26 bits per heavy atom. The van der Waals surface area contributed by atoms with Crippen LogP contribution in [-0.2, 0) is 20.7 Å². The zero-order valence-electron chi connectivity index (χ0n) is 39.1. The number of hydrogen-bond acceptors (Lipinski definition) is 9. The number of carbonyl (C=O) groups excluding carboxylic acids is 2. The van der Waals surface area contributed by atoms with Crippen LogP contribution in [0.25, 0.3) is 23.5 Å². The van der Waals surface area contributed by atoms with E-state index in [1.807, 2.05) is 94.9 Å². The smallest absolute Gasteiger partial charge is 0.278 e. The van der Waals surface area contributed by atoms with Crippen LogP contribution in [0.1, 0.15) is 78.6 Å². The van der Waals surface area contributed by atoms with E-state index in [2.05, 4.69) is 24.9 Å². The van der Waals surface area contributed by atoms with E-state index in [0.29, 0.717) is 35.8 Å². The minimum Gasteiger partial charge on any atom is -0.495 e. The van der Waals surface area contributed by atoms with Gasteiger partial charge in [-0.15, -0.1) is 0 Å². The average Bonchev–Trinajstić information content (AvgIpc) is 4.09. The predicted octanol–water partition coefficient (Wildman–Crippen LogP) is 9.07. The Morgan fingerprint density at radius 3 is 1.80 bits per heavy atom. The van der Waals surface area contributed by atoms with Crippen molar-refractivity contribution in [2.24, 2.45) is 9.98 Å². The number of ether oxygens (including phenoxy) is 2. The lowest BCUT2D eigenvalue weighted by Crippen LogP contribution is -2.57. The van der Waals surface area contributed by atoms with Gasteiger partial charge >= 0.3 is 0 Å². The largest absolute Gasteiger partial charge is 0.495 e. The van der Waals surface area contributed by atoms with Crippen LogP contribution in [0.15, 0.2) is 132 Å². The summed E-state index contributed by atoms with van der Waals surface area (Å²) in [6, 6.07) is 24.0. The van der Waals surface area contributed by atoms with Gasteiger partial charge in [0.15, 0.2) is 0 Å². The Bertz CT molecular complexity index is 2990. The molecule has 4 aliphatic rings. The van der Waals surface area contributed by atoms with Gasteiger partial charge in [0.1, 0.15) is 40.3 Å². The molecule has 6 heterocycles. The molecule has 3 unspecified atom stereocenters. The van der Waals surface area contributed by atoms with Crippen LogP contribution in [0.5, 0.6) is 11.5 Å². The molecule has 4 aromatic carbocycles. The number of aliphatic imine (C=N–C) groups is 2. The van der Waals surface area contributed by atoms with Gasteiger partial charge in [-0.2, -0.15) is 9.98 Å². The highest BCUT2D eigenvalue weighted by Gasteiger charge is 2.55. The molecule has 2 fully saturated rings. The van der Waals surface area contributed by atoms with Gasteiger partial charge in [0, 0.05) is 18.9 Å². The first kappa shape index (κ1) is 46.6. The molecule has 0 saturated carbocycles. The lowest BCUT2D eigenvalue weighted by molar-refractivity contribution is -0.129. The van der Waals surface area contributed by atoms with E-state index in [1.54, 1.807) is 57.2 Å². The van der Waals surface area contributed by atoms with Crippen molar-refractivity contribution in [3.63, 3.8) is 0 Å². The first-order valence-electron chi connectivity index (χ1n) is 23.1. The zero-order valence-corrected chi connectivity index (χ0v) is 39.1. The number of aliphatic hydroxyl groups excluding tert-OH is 1. The number of hydrogen-bond donors (Lipinski definition) is 1. The maximum Gasteiger partial charge on any atom is 0.278 e. The van der Waals surface area contributed by atoms with Crippen molar-refractivity contribution in [1.29, 1.82) is 0 Å². The standard InChI is InChI=1S/C27H27FN4O3.C27H27FN4O2/c1-18-15-31(17-29-18)23-11-5-19(14-24(23)35-2)6-12-25-30-26(34)27(20-7-9-21(28)10-8-20)13-3-4-22(16-33)32(25)27;1-19-17-31(18-29-19)23-11-5-20(15-24(23)34-2)6-12-25-30-26(33)16-27(13-3-4-14-32(25)27)21-7-9-22(28)10-8-21/h5-12,14-15,17,22,33H,3-4,13,16H2,1-2H3;5-12,15,17-18H,3-4,13-14,16H2,1-2H3/b2*12-6+. The highest BCUT2D eigenvalue weighted by molar-refractivity contribution is 6.13. The Morgan fingerprint density at radius 1 is 0.696 bits per heavy atom. The predicted molar refractivity (Wildman–Crippen MR) is 261 cm³/mol. The molecule has 1 N–H and O–H groups in total. The molecular weight excluding hydrogens is 879 g/mol. The van der Waals surface area contributed by atoms with E-state index in [9.17, 15) is 23.5 Å². The van der Waals surface area contributed by atoms with Gasteiger partial charge in [0.25, 0.3) is 5.91 Å². The Kier molecular flexibility index (Phi) is 13.2. The van der Waals surface area contributed by atoms with E-state index in [4.69, 9.17) is 9.47 Å². The number of aromatic nitrogens is 4. The van der Waals surface area contributed by atoms with Gasteiger partial charge in [-0.3, -0.25) is 9.59 Å². The molecule has 15 heteroatoms. The van der Waals surface area contributed by atoms with Crippen LogP contribution in [0, 0.1) is 25.5 Å². The van der Waals surface area contributed by atoms with Crippen molar-refractivity contribution in [3.05, 3.63) is 167 Å². The molecule has 6 aromatic rings. The van der Waals surface area contributed by atoms with Crippen LogP contribution in [0.3, 0.4) is 0 Å². The fourth-order valence-electron chi connectivity index (χ4n) is 10.2. The zero-order chi connectivity index (χ0) is 48.3. The molecule has 0 aliphatic carbocycles. The van der Waals surface area contributed by atoms with Crippen molar-refractivity contribution in [3.8, 4) is 22.9 Å². The summed E-state index contributed by atoms with van der Waals surface area (Å²) < 4.78 is 42.3. The molecule has 354 valence electrons. The molecule has 0 bridgehead atoms. The normalized spacial score (nSPS) is 21.2. The Labute approximate surface area is 399 Å². The fraction of sp³-hybridized carbons (Fsp3) is 0.296. The molecule has 13 nitrogen and oxygen atoms in total. The van der Waals surface area contributed by atoms with Crippen molar-refractivity contribution >= 4 is 35.6 Å². The molecule has 2 saturated heterocycles. The fourth-order valence-corrected chi connectivity index (χ4v) is 10.2. The molecule has 3 atom stereocenters. The minimum absolute atomic E-state index is 0.101. The van der Waals surface area contributed by atoms with Crippen molar-refractivity contribution < 1.29 is 33.0 Å². The third-order valence-corrected chi connectivity index (χ3v) is 13.5. The molecule has 0 radical (unpaired) electrons. The van der Waals surface area contributed by atoms with Crippen LogP contribution in [0.2, 0.25) is 0 Å². The van der Waals surface area contributed by atoms with Crippen LogP contribution in [-0.4, -0.2) is 90.9 Å². The van der Waals surface area contributed by atoms with E-state index >= 15 is 0 Å². The van der Waals surface area contributed by atoms with E-state index in [1.165, 1.54) is 24.3 Å². The summed E-state index contributed by atoms with van der Waals surface area (Å²) in [5.74, 6) is 1.47. The number of amides is 2. The second kappa shape index (κ2) is 19.6. The SMILES string of the molecule is COc1cc(/C=C/C2=NC(=O)C3(c4ccc(F)cc4)CCCC(CO)N23)ccc1-n1cnc(C)c1.COc1cc(/C=C/C2=NC(=O)CC3(c4ccc(F)cc4)CCCCN23)ccc1-n1cnc(C)c1. The Balaban J connectivity index is 0.000000172. The van der Waals surface area contributed by atoms with Crippen LogP contribution >= 0.6 is 0 Å². The number of carbonyl (C=O) groups is 2. The molecule has 2 amide bonds. The summed E-state index contributed by atoms with van der Waals surface area (Å²) in [5.41, 5.74) is 5.55. The van der Waals surface area contributed by atoms with E-state index in [-0.39, 0.29) is 36.1 Å². The van der Waals surface area contributed by atoms with Gasteiger partial charge in [-0.1, -0.05) is 48.6 Å². The minimum atomic E-state index is -1.03. The summed E-state index contributed by atoms with van der Waals surface area (Å²) >= 11 is 0. The summed E-state index contributed by atoms with van der Waals surface area (Å²) in [5, 5.41) is 10.1. The van der Waals surface area contributed by atoms with Crippen LogP contribution in [0.4, 0.5) is 8.78 Å². The lowest BCUT2D eigenvalue weighted by Gasteiger charge is -2.50. The number of imidazole rings is 2. The van der Waals surface area contributed by atoms with E-state index in [0.717, 1.165) is 83.9 Å². The van der Waals surface area contributed by atoms with Gasteiger partial charge in [-0.25, -0.2) is 18.7 Å². The number of piperidine rings is 2. The number of amidine groups is 2. The number of rotatable bonds is 11. The maximum absolute atomic E-state index is 13.6. The number of halogens is 2. The number of nitrogens with zero attached hydrogens (tertiary/aromatic N) is 8. The summed E-state index contributed by atoms with van der Waals surface area (Å²) in [7, 11) is 3.26. The van der Waals surface area contributed by atoms with Crippen molar-refractivity contribution in [1.82, 2.24) is 28.9 Å². The maximum atomic E-state index is 13.6. The highest BCUT2D eigenvalue weighted by atomic mass is 19.1. The van der Waals surface area contributed by atoms with Crippen LogP contribution < -0.4 is 9.47 Å². The van der Waals surface area contributed by atoms with Crippen molar-refractivity contribution in [2.45, 2.75) is 75.9 Å². The number of methoxy groups -OCH3 is 2. The monoisotopic (exact) mass is 932 g/mol. The third kappa shape index (κ3) is 9.13. The molecule has 69 heavy (non-hydrogen) atoms. The summed E-state index contributed by atoms with van der Waals surface area (Å²) in [6.07, 6.45) is 20.1. The number of aliphatic hydroxyl groups is 1. The molecule has 0 spiro atoms. The van der Waals surface area contributed by atoms with Crippen molar-refractivity contribution in [2.75, 3.05) is 27.4 Å². The number of benzene rings is 4. The van der Waals surface area contributed by atoms with Gasteiger partial charge in [-0.05, 0) is 135 Å². The second-order valence-electron chi connectivity index (χ2n) is 17.8. The molecule has 2 aromatic heterocycles. The lowest BCUT2D eigenvalue weighted by atomic mass is 9.76. The number of aryl methyl sites for hydroxylation is 2. The topological polar surface area (TPSA) is 140 Å². The number of fused-ring (bicyclic) bond motifs is 2. The van der Waals surface area contributed by atoms with Gasteiger partial charge in [0.2, 0.25) is 5.91 Å². The van der Waals surface area contributed by atoms with E-state index < -0.39 is 11.1 Å². The average molecular weight is 933 g/mol. The third-order valence-electron chi connectivity index (χ3n) is 13.5. The molecular formula is C54H54F2N8O5.